The molecule has 4 atom stereocenters. The number of ether oxygens (including phenoxy) is 3. The Bertz CT molecular complexity index is 1590. The maximum absolute atomic E-state index is 14.5. The van der Waals surface area contributed by atoms with Crippen LogP contribution in [-0.2, 0) is 24.3 Å². The summed E-state index contributed by atoms with van der Waals surface area (Å²) in [5, 5.41) is 3.06. The zero-order chi connectivity index (χ0) is 31.3. The topological polar surface area (TPSA) is 153 Å². The number of sulfonamides is 1. The zero-order valence-corrected chi connectivity index (χ0v) is 25.2. The number of rotatable bonds is 9. The van der Waals surface area contributed by atoms with E-state index in [2.05, 4.69) is 21.6 Å². The largest absolute Gasteiger partial charge is 0.494 e. The summed E-state index contributed by atoms with van der Waals surface area (Å²) in [7, 11) is -2.50. The average Bonchev–Trinajstić information content (AvgIpc) is 3.84. The number of halogens is 1. The summed E-state index contributed by atoms with van der Waals surface area (Å²) in [5.74, 6) is -2.48. The fraction of sp³-hybridized carbons (Fsp3) is 0.517. The molecule has 43 heavy (non-hydrogen) atoms. The standard InChI is InChI=1S/C29H35FN4O8S/c1-6-17-14-29(17,26(36)33-43(38,39)19-7-8-19)32-24(35)22-12-18(15-34(22)27(37)42-28(2,3)4)41-25-20-13-21(30)23(40-5)11-16(20)9-10-31-25/h6,9-11,13,17-19,22H,1,7-8,12,14-15H2,2-5H3,(H,32,35)(H,33,36)/t17-,18-,22+,29-/m1/s1. The van der Waals surface area contributed by atoms with E-state index in [9.17, 15) is 27.2 Å². The monoisotopic (exact) mass is 618 g/mol. The summed E-state index contributed by atoms with van der Waals surface area (Å²) in [5.41, 5.74) is -2.39. The minimum atomic E-state index is -3.86. The third-order valence-electron chi connectivity index (χ3n) is 7.72. The second-order valence-electron chi connectivity index (χ2n) is 12.1. The van der Waals surface area contributed by atoms with Gasteiger partial charge in [-0.15, -0.1) is 6.58 Å². The van der Waals surface area contributed by atoms with Crippen LogP contribution < -0.4 is 19.5 Å². The van der Waals surface area contributed by atoms with Gasteiger partial charge < -0.3 is 19.5 Å². The molecule has 1 saturated heterocycles. The number of hydrogen-bond donors (Lipinski definition) is 2. The van der Waals surface area contributed by atoms with Crippen LogP contribution in [0.1, 0.15) is 46.5 Å². The van der Waals surface area contributed by atoms with Gasteiger partial charge in [0.05, 0.1) is 18.9 Å². The van der Waals surface area contributed by atoms with E-state index in [0.717, 1.165) is 0 Å². The molecule has 1 aromatic heterocycles. The lowest BCUT2D eigenvalue weighted by Gasteiger charge is -2.29. The number of carbonyl (C=O) groups excluding carboxylic acids is 3. The zero-order valence-electron chi connectivity index (χ0n) is 24.4. The minimum absolute atomic E-state index is 0.00138. The Kier molecular flexibility index (Phi) is 7.78. The van der Waals surface area contributed by atoms with E-state index in [4.69, 9.17) is 14.2 Å². The van der Waals surface area contributed by atoms with Gasteiger partial charge in [-0.25, -0.2) is 22.6 Å². The number of aromatic nitrogens is 1. The smallest absolute Gasteiger partial charge is 0.411 e. The lowest BCUT2D eigenvalue weighted by Crippen LogP contribution is -2.56. The molecule has 2 aliphatic carbocycles. The van der Waals surface area contributed by atoms with Gasteiger partial charge in [0.2, 0.25) is 21.8 Å². The number of fused-ring (bicyclic) bond motifs is 1. The molecule has 232 valence electrons. The van der Waals surface area contributed by atoms with E-state index < -0.39 is 68.2 Å². The Morgan fingerprint density at radius 2 is 1.95 bits per heavy atom. The van der Waals surface area contributed by atoms with E-state index in [1.54, 1.807) is 26.8 Å². The third-order valence-corrected chi connectivity index (χ3v) is 9.54. The molecule has 2 aromatic rings. The lowest BCUT2D eigenvalue weighted by molar-refractivity contribution is -0.131. The number of nitrogens with zero attached hydrogens (tertiary/aromatic N) is 2. The minimum Gasteiger partial charge on any atom is -0.494 e. The molecular weight excluding hydrogens is 583 g/mol. The Morgan fingerprint density at radius 1 is 1.23 bits per heavy atom. The van der Waals surface area contributed by atoms with Crippen LogP contribution in [0.4, 0.5) is 9.18 Å². The second-order valence-corrected chi connectivity index (χ2v) is 14.1. The summed E-state index contributed by atoms with van der Waals surface area (Å²) in [6, 6.07) is 3.29. The van der Waals surface area contributed by atoms with Crippen molar-refractivity contribution in [3.63, 3.8) is 0 Å². The molecule has 5 rings (SSSR count). The number of pyridine rings is 1. The van der Waals surface area contributed by atoms with Crippen molar-refractivity contribution < 1.29 is 41.4 Å². The summed E-state index contributed by atoms with van der Waals surface area (Å²) in [6.45, 7) is 8.70. The van der Waals surface area contributed by atoms with E-state index in [0.29, 0.717) is 23.6 Å². The molecule has 14 heteroatoms. The number of amides is 3. The van der Waals surface area contributed by atoms with E-state index in [1.807, 2.05) is 0 Å². The van der Waals surface area contributed by atoms with Gasteiger partial charge in [0, 0.05) is 23.9 Å². The number of carbonyl (C=O) groups is 3. The van der Waals surface area contributed by atoms with Crippen molar-refractivity contribution in [2.75, 3.05) is 13.7 Å². The first-order chi connectivity index (χ1) is 20.2. The molecule has 1 aromatic carbocycles. The molecule has 2 heterocycles. The van der Waals surface area contributed by atoms with Crippen LogP contribution >= 0.6 is 0 Å². The third kappa shape index (κ3) is 6.24. The van der Waals surface area contributed by atoms with Gasteiger partial charge in [0.25, 0.3) is 5.91 Å². The molecule has 3 fully saturated rings. The van der Waals surface area contributed by atoms with Crippen LogP contribution in [0, 0.1) is 11.7 Å². The number of benzene rings is 1. The van der Waals surface area contributed by atoms with E-state index in [-0.39, 0.29) is 31.0 Å². The number of hydrogen-bond acceptors (Lipinski definition) is 9. The van der Waals surface area contributed by atoms with Gasteiger partial charge >= 0.3 is 6.09 Å². The first kappa shape index (κ1) is 30.5. The molecule has 2 N–H and O–H groups in total. The van der Waals surface area contributed by atoms with Crippen LogP contribution in [0.15, 0.2) is 37.1 Å². The van der Waals surface area contributed by atoms with Crippen LogP contribution in [-0.4, -0.2) is 78.4 Å². The highest BCUT2D eigenvalue weighted by molar-refractivity contribution is 7.91. The number of likely N-dealkylation sites (tertiary alicyclic amines) is 1. The van der Waals surface area contributed by atoms with Crippen LogP contribution in [0.2, 0.25) is 0 Å². The maximum Gasteiger partial charge on any atom is 0.411 e. The number of methoxy groups -OCH3 is 1. The van der Waals surface area contributed by atoms with Gasteiger partial charge in [-0.1, -0.05) is 6.08 Å². The van der Waals surface area contributed by atoms with Crippen LogP contribution in [0.3, 0.4) is 0 Å². The average molecular weight is 619 g/mol. The Labute approximate surface area is 249 Å². The maximum atomic E-state index is 14.5. The normalized spacial score (nSPS) is 25.1. The highest BCUT2D eigenvalue weighted by Gasteiger charge is 2.62. The van der Waals surface area contributed by atoms with Crippen LogP contribution in [0.5, 0.6) is 11.6 Å². The molecule has 0 bridgehead atoms. The molecule has 3 amide bonds. The predicted octanol–water partition coefficient (Wildman–Crippen LogP) is 2.81. The molecule has 0 spiro atoms. The van der Waals surface area contributed by atoms with Crippen molar-refractivity contribution in [3.05, 3.63) is 42.9 Å². The molecule has 0 unspecified atom stereocenters. The lowest BCUT2D eigenvalue weighted by atomic mass is 10.1. The first-order valence-corrected chi connectivity index (χ1v) is 15.5. The molecule has 0 radical (unpaired) electrons. The van der Waals surface area contributed by atoms with Crippen LogP contribution in [0.25, 0.3) is 10.8 Å². The van der Waals surface area contributed by atoms with E-state index >= 15 is 0 Å². The summed E-state index contributed by atoms with van der Waals surface area (Å²) >= 11 is 0. The molecule has 3 aliphatic rings. The van der Waals surface area contributed by atoms with Crippen molar-refractivity contribution in [2.24, 2.45) is 5.92 Å². The highest BCUT2D eigenvalue weighted by Crippen LogP contribution is 2.45. The Balaban J connectivity index is 1.39. The van der Waals surface area contributed by atoms with E-state index in [1.165, 1.54) is 36.4 Å². The molecular formula is C29H35FN4O8S. The quantitative estimate of drug-likeness (QED) is 0.404. The second kappa shape index (κ2) is 11.0. The summed E-state index contributed by atoms with van der Waals surface area (Å²) < 4.78 is 58.3. The van der Waals surface area contributed by atoms with Gasteiger partial charge in [0.1, 0.15) is 23.3 Å². The van der Waals surface area contributed by atoms with Gasteiger partial charge in [0.15, 0.2) is 11.6 Å². The van der Waals surface area contributed by atoms with Gasteiger partial charge in [-0.3, -0.25) is 19.2 Å². The van der Waals surface area contributed by atoms with Crippen molar-refractivity contribution in [1.82, 2.24) is 19.9 Å². The number of nitrogens with one attached hydrogen (secondary N) is 2. The van der Waals surface area contributed by atoms with Gasteiger partial charge in [-0.05, 0) is 63.6 Å². The molecule has 1 aliphatic heterocycles. The van der Waals surface area contributed by atoms with Crippen molar-refractivity contribution in [1.29, 1.82) is 0 Å². The summed E-state index contributed by atoms with van der Waals surface area (Å²) in [6.07, 6.45) is 2.53. The van der Waals surface area contributed by atoms with Gasteiger partial charge in [-0.2, -0.15) is 0 Å². The SMILES string of the molecule is C=C[C@@H]1C[C@]1(NC(=O)[C@@H]1C[C@@H](Oc2nccc3cc(OC)c(F)cc23)CN1C(=O)OC(C)(C)C)C(=O)NS(=O)(=O)C1CC1. The van der Waals surface area contributed by atoms with Crippen molar-refractivity contribution >= 4 is 38.7 Å². The Morgan fingerprint density at radius 3 is 2.56 bits per heavy atom. The molecule has 2 saturated carbocycles. The summed E-state index contributed by atoms with van der Waals surface area (Å²) in [4.78, 5) is 45.6. The molecule has 12 nitrogen and oxygen atoms in total. The highest BCUT2D eigenvalue weighted by atomic mass is 32.2. The van der Waals surface area contributed by atoms with Crippen molar-refractivity contribution in [2.45, 2.75) is 75.0 Å². The van der Waals surface area contributed by atoms with Crippen molar-refractivity contribution in [3.8, 4) is 11.6 Å². The fourth-order valence-electron chi connectivity index (χ4n) is 5.23. The predicted molar refractivity (Wildman–Crippen MR) is 153 cm³/mol. The first-order valence-electron chi connectivity index (χ1n) is 14.0. The fourth-order valence-corrected chi connectivity index (χ4v) is 6.59. The Hall–Kier alpha value is -3.94.